The quantitative estimate of drug-likeness (QED) is 0.602. The number of hydrogen-bond donors (Lipinski definition) is 2. The van der Waals surface area contributed by atoms with E-state index in [9.17, 15) is 18.8 Å². The Kier molecular flexibility index (Phi) is 5.70. The second kappa shape index (κ2) is 8.74. The summed E-state index contributed by atoms with van der Waals surface area (Å²) in [7, 11) is 0. The van der Waals surface area contributed by atoms with Gasteiger partial charge in [-0.1, -0.05) is 36.4 Å². The number of carbonyl (C=O) groups is 3. The normalized spacial score (nSPS) is 13.5. The van der Waals surface area contributed by atoms with E-state index >= 15 is 0 Å². The maximum atomic E-state index is 13.6. The van der Waals surface area contributed by atoms with Gasteiger partial charge in [0.25, 0.3) is 5.91 Å². The number of rotatable bonds is 6. The second-order valence-corrected chi connectivity index (χ2v) is 7.14. The van der Waals surface area contributed by atoms with E-state index < -0.39 is 17.9 Å². The van der Waals surface area contributed by atoms with E-state index in [1.807, 2.05) is 36.4 Å². The molecule has 0 bridgehead atoms. The minimum atomic E-state index is -0.674. The summed E-state index contributed by atoms with van der Waals surface area (Å²) in [6, 6.07) is 14.2. The van der Waals surface area contributed by atoms with Crippen LogP contribution in [-0.2, 0) is 11.3 Å². The predicted octanol–water partition coefficient (Wildman–Crippen LogP) is 3.04. The molecule has 0 spiro atoms. The zero-order valence-corrected chi connectivity index (χ0v) is 16.4. The molecule has 4 rings (SSSR count). The van der Waals surface area contributed by atoms with Crippen molar-refractivity contribution < 1.29 is 18.8 Å². The van der Waals surface area contributed by atoms with Gasteiger partial charge in [-0.3, -0.25) is 19.9 Å². The fourth-order valence-electron chi connectivity index (χ4n) is 3.63. The highest BCUT2D eigenvalue weighted by Crippen LogP contribution is 2.27. The van der Waals surface area contributed by atoms with Crippen LogP contribution in [0.3, 0.4) is 0 Å². The Labute approximate surface area is 177 Å². The lowest BCUT2D eigenvalue weighted by molar-refractivity contribution is -0.108. The molecule has 1 aliphatic heterocycles. The van der Waals surface area contributed by atoms with Crippen molar-refractivity contribution in [2.45, 2.75) is 12.6 Å². The highest BCUT2D eigenvalue weighted by molar-refractivity contribution is 5.98. The Balaban J connectivity index is 1.57. The summed E-state index contributed by atoms with van der Waals surface area (Å²) in [5.41, 5.74) is 3.71. The largest absolute Gasteiger partial charge is 0.332 e. The van der Waals surface area contributed by atoms with Crippen molar-refractivity contribution in [1.82, 2.24) is 20.5 Å². The molecular weight excluding hydrogens is 399 g/mol. The zero-order valence-electron chi connectivity index (χ0n) is 16.4. The van der Waals surface area contributed by atoms with Gasteiger partial charge in [-0.15, -0.1) is 0 Å². The molecule has 2 heterocycles. The first kappa shape index (κ1) is 20.2. The minimum Gasteiger partial charge on any atom is -0.332 e. The number of pyridine rings is 1. The number of nitrogens with one attached hydrogen (secondary N) is 2. The monoisotopic (exact) mass is 418 g/mol. The topological polar surface area (TPSA) is 91.4 Å². The Bertz CT molecular complexity index is 1120. The van der Waals surface area contributed by atoms with Crippen LogP contribution in [0.2, 0.25) is 0 Å². The van der Waals surface area contributed by atoms with Crippen molar-refractivity contribution in [2.75, 3.05) is 6.54 Å². The Morgan fingerprint density at radius 3 is 2.68 bits per heavy atom. The van der Waals surface area contributed by atoms with Crippen molar-refractivity contribution in [3.63, 3.8) is 0 Å². The van der Waals surface area contributed by atoms with E-state index in [0.29, 0.717) is 12.1 Å². The number of urea groups is 1. The molecule has 2 N–H and O–H groups in total. The van der Waals surface area contributed by atoms with Crippen LogP contribution in [0.25, 0.3) is 11.1 Å². The number of aromatic nitrogens is 1. The zero-order chi connectivity index (χ0) is 21.8. The molecule has 31 heavy (non-hydrogen) atoms. The van der Waals surface area contributed by atoms with Crippen LogP contribution in [0.4, 0.5) is 9.18 Å². The summed E-state index contributed by atoms with van der Waals surface area (Å²) in [4.78, 5) is 41.0. The molecule has 3 aromatic rings. The fourth-order valence-corrected chi connectivity index (χ4v) is 3.63. The van der Waals surface area contributed by atoms with Crippen LogP contribution >= 0.6 is 0 Å². The highest BCUT2D eigenvalue weighted by atomic mass is 19.1. The number of amides is 4. The maximum Gasteiger partial charge on any atom is 0.321 e. The molecule has 1 aromatic heterocycles. The van der Waals surface area contributed by atoms with Crippen LogP contribution in [0.1, 0.15) is 27.5 Å². The molecule has 2 aromatic carbocycles. The molecule has 1 atom stereocenters. The lowest BCUT2D eigenvalue weighted by atomic mass is 10.0. The van der Waals surface area contributed by atoms with E-state index in [0.717, 1.165) is 22.3 Å². The first-order chi connectivity index (χ1) is 15.0. The van der Waals surface area contributed by atoms with Gasteiger partial charge in [-0.25, -0.2) is 9.18 Å². The number of benzene rings is 2. The van der Waals surface area contributed by atoms with Gasteiger partial charge in [0.1, 0.15) is 5.82 Å². The Morgan fingerprint density at radius 1 is 1.16 bits per heavy atom. The van der Waals surface area contributed by atoms with Crippen LogP contribution in [-0.4, -0.2) is 34.8 Å². The van der Waals surface area contributed by atoms with Gasteiger partial charge in [0.05, 0.1) is 6.04 Å². The van der Waals surface area contributed by atoms with Crippen LogP contribution < -0.4 is 10.6 Å². The van der Waals surface area contributed by atoms with E-state index in [4.69, 9.17) is 0 Å². The first-order valence-electron chi connectivity index (χ1n) is 9.64. The molecule has 4 amide bonds. The van der Waals surface area contributed by atoms with E-state index in [-0.39, 0.29) is 18.9 Å². The molecule has 0 unspecified atom stereocenters. The lowest BCUT2D eigenvalue weighted by Crippen LogP contribution is -2.42. The Morgan fingerprint density at radius 2 is 1.97 bits per heavy atom. The molecule has 8 heteroatoms. The number of fused-ring (bicyclic) bond motifs is 1. The van der Waals surface area contributed by atoms with E-state index in [1.54, 1.807) is 23.4 Å². The summed E-state index contributed by atoms with van der Waals surface area (Å²) in [6.07, 6.45) is 3.74. The van der Waals surface area contributed by atoms with Gasteiger partial charge in [0.2, 0.25) is 6.41 Å². The number of imide groups is 1. The number of carbonyl (C=O) groups excluding carboxylic acids is 3. The summed E-state index contributed by atoms with van der Waals surface area (Å²) < 4.78 is 13.6. The van der Waals surface area contributed by atoms with E-state index in [1.165, 1.54) is 12.1 Å². The highest BCUT2D eigenvalue weighted by Gasteiger charge is 2.30. The predicted molar refractivity (Wildman–Crippen MR) is 111 cm³/mol. The van der Waals surface area contributed by atoms with Gasteiger partial charge in [-0.2, -0.15) is 0 Å². The number of halogens is 1. The lowest BCUT2D eigenvalue weighted by Gasteiger charge is -2.25. The number of hydrogen-bond acceptors (Lipinski definition) is 4. The molecule has 0 radical (unpaired) electrons. The first-order valence-corrected chi connectivity index (χ1v) is 9.64. The van der Waals surface area contributed by atoms with Gasteiger partial charge in [0, 0.05) is 31.0 Å². The molecular formula is C23H19FN4O3. The minimum absolute atomic E-state index is 0.160. The van der Waals surface area contributed by atoms with Gasteiger partial charge in [0.15, 0.2) is 0 Å². The molecule has 0 aliphatic carbocycles. The maximum absolute atomic E-state index is 13.6. The summed E-state index contributed by atoms with van der Waals surface area (Å²) in [6.45, 7) is 0.476. The van der Waals surface area contributed by atoms with Crippen molar-refractivity contribution in [3.05, 3.63) is 89.5 Å². The van der Waals surface area contributed by atoms with Crippen LogP contribution in [0.5, 0.6) is 0 Å². The second-order valence-electron chi connectivity index (χ2n) is 7.14. The SMILES string of the molecule is O=CNC(=O)N[C@@H](CN1Cc2ccc(F)cc2C1=O)c1ccc(-c2cccnc2)cc1. The van der Waals surface area contributed by atoms with E-state index in [2.05, 4.69) is 15.6 Å². The molecule has 0 fully saturated rings. The molecule has 0 saturated carbocycles. The fraction of sp³-hybridized carbons (Fsp3) is 0.130. The molecule has 7 nitrogen and oxygen atoms in total. The number of nitrogens with zero attached hydrogens (tertiary/aromatic N) is 2. The smallest absolute Gasteiger partial charge is 0.321 e. The summed E-state index contributed by atoms with van der Waals surface area (Å²) in [5.74, 6) is -0.774. The summed E-state index contributed by atoms with van der Waals surface area (Å²) in [5, 5.41) is 4.77. The summed E-state index contributed by atoms with van der Waals surface area (Å²) >= 11 is 0. The van der Waals surface area contributed by atoms with Gasteiger partial charge >= 0.3 is 6.03 Å². The standard InChI is InChI=1S/C23H19FN4O3/c24-19-8-7-18-12-28(22(30)20(18)10-19)13-21(27-23(31)26-14-29)16-5-3-15(4-6-16)17-2-1-9-25-11-17/h1-11,14,21H,12-13H2,(H2,26,27,29,31)/t21-/m0/s1. The van der Waals surface area contributed by atoms with Crippen LogP contribution in [0.15, 0.2) is 67.0 Å². The van der Waals surface area contributed by atoms with Crippen LogP contribution in [0, 0.1) is 5.82 Å². The Hall–Kier alpha value is -4.07. The van der Waals surface area contributed by atoms with Gasteiger partial charge in [-0.05, 0) is 40.5 Å². The van der Waals surface area contributed by atoms with Gasteiger partial charge < -0.3 is 10.2 Å². The molecule has 1 aliphatic rings. The van der Waals surface area contributed by atoms with Crippen molar-refractivity contribution in [2.24, 2.45) is 0 Å². The third kappa shape index (κ3) is 4.42. The average molecular weight is 418 g/mol. The van der Waals surface area contributed by atoms with Crippen molar-refractivity contribution in [1.29, 1.82) is 0 Å². The van der Waals surface area contributed by atoms with Crippen molar-refractivity contribution in [3.8, 4) is 11.1 Å². The average Bonchev–Trinajstić information content (AvgIpc) is 3.09. The van der Waals surface area contributed by atoms with Crippen molar-refractivity contribution >= 4 is 18.3 Å². The molecule has 0 saturated heterocycles. The third-order valence-electron chi connectivity index (χ3n) is 5.16. The third-order valence-corrected chi connectivity index (χ3v) is 5.16. The molecule has 156 valence electrons.